The van der Waals surface area contributed by atoms with Crippen LogP contribution in [-0.4, -0.2) is 31.5 Å². The van der Waals surface area contributed by atoms with Crippen molar-refractivity contribution in [2.75, 3.05) is 24.3 Å². The van der Waals surface area contributed by atoms with Crippen LogP contribution in [0.5, 0.6) is 5.75 Å². The third-order valence-corrected chi connectivity index (χ3v) is 4.39. The van der Waals surface area contributed by atoms with E-state index in [1.807, 2.05) is 31.2 Å². The second-order valence-corrected chi connectivity index (χ2v) is 6.05. The highest BCUT2D eigenvalue weighted by atomic mass is 16.5. The average Bonchev–Trinajstić information content (AvgIpc) is 2.97. The molecule has 0 aliphatic carbocycles. The van der Waals surface area contributed by atoms with E-state index < -0.39 is 6.04 Å². The van der Waals surface area contributed by atoms with Crippen LogP contribution in [0.2, 0.25) is 0 Å². The molecule has 130 valence electrons. The minimum absolute atomic E-state index is 0.139. The molecule has 0 aromatic heterocycles. The molecule has 0 spiro atoms. The molecule has 1 unspecified atom stereocenters. The van der Waals surface area contributed by atoms with Gasteiger partial charge in [-0.05, 0) is 43.2 Å². The Morgan fingerprint density at radius 2 is 2.04 bits per heavy atom. The van der Waals surface area contributed by atoms with Gasteiger partial charge in [-0.1, -0.05) is 18.2 Å². The molecular formula is C19H21N3O3. The van der Waals surface area contributed by atoms with Gasteiger partial charge in [-0.15, -0.1) is 0 Å². The number of anilines is 2. The van der Waals surface area contributed by atoms with E-state index >= 15 is 0 Å². The number of ether oxygens (including phenoxy) is 1. The minimum atomic E-state index is -0.557. The number of amides is 2. The molecule has 25 heavy (non-hydrogen) atoms. The van der Waals surface area contributed by atoms with Gasteiger partial charge in [0.15, 0.2) is 0 Å². The van der Waals surface area contributed by atoms with Gasteiger partial charge in [0.05, 0.1) is 12.8 Å². The first-order valence-electron chi connectivity index (χ1n) is 8.12. The molecule has 1 aliphatic heterocycles. The van der Waals surface area contributed by atoms with Crippen LogP contribution < -0.4 is 20.7 Å². The number of methoxy groups -OCH3 is 1. The summed E-state index contributed by atoms with van der Waals surface area (Å²) in [6.45, 7) is 2.37. The average molecular weight is 339 g/mol. The van der Waals surface area contributed by atoms with E-state index in [1.165, 1.54) is 0 Å². The molecule has 6 heteroatoms. The molecule has 1 saturated heterocycles. The van der Waals surface area contributed by atoms with E-state index in [-0.39, 0.29) is 11.8 Å². The number of nitrogen functional groups attached to an aromatic ring is 1. The lowest BCUT2D eigenvalue weighted by atomic mass is 10.1. The first-order valence-corrected chi connectivity index (χ1v) is 8.12. The highest BCUT2D eigenvalue weighted by Crippen LogP contribution is 2.31. The molecule has 3 rings (SSSR count). The molecule has 0 bridgehead atoms. The number of carbonyl (C=O) groups is 2. The molecule has 2 aromatic rings. The summed E-state index contributed by atoms with van der Waals surface area (Å²) < 4.78 is 5.33. The summed E-state index contributed by atoms with van der Waals surface area (Å²) >= 11 is 0. The minimum Gasteiger partial charge on any atom is -0.495 e. The van der Waals surface area contributed by atoms with Crippen LogP contribution in [0.15, 0.2) is 42.5 Å². The maximum atomic E-state index is 12.7. The Labute approximate surface area is 146 Å². The van der Waals surface area contributed by atoms with Crippen molar-refractivity contribution in [3.8, 4) is 5.75 Å². The molecule has 1 aliphatic rings. The Balaban J connectivity index is 1.76. The first-order chi connectivity index (χ1) is 12.0. The van der Waals surface area contributed by atoms with Crippen LogP contribution in [0, 0.1) is 6.92 Å². The van der Waals surface area contributed by atoms with Crippen molar-refractivity contribution in [3.63, 3.8) is 0 Å². The standard InChI is InChI=1S/C19H21N3O3/c1-12-7-8-13(20)11-14(12)18(23)21-15-9-10-22(19(15)24)16-5-3-4-6-17(16)25-2/h3-8,11,15H,9-10,20H2,1-2H3,(H,21,23). The lowest BCUT2D eigenvalue weighted by Crippen LogP contribution is -2.41. The van der Waals surface area contributed by atoms with Crippen molar-refractivity contribution in [3.05, 3.63) is 53.6 Å². The van der Waals surface area contributed by atoms with Gasteiger partial charge in [0.1, 0.15) is 11.8 Å². The fourth-order valence-electron chi connectivity index (χ4n) is 3.03. The maximum Gasteiger partial charge on any atom is 0.252 e. The summed E-state index contributed by atoms with van der Waals surface area (Å²) in [6.07, 6.45) is 0.546. The Hall–Kier alpha value is -3.02. The van der Waals surface area contributed by atoms with Crippen molar-refractivity contribution in [2.45, 2.75) is 19.4 Å². The number of hydrogen-bond donors (Lipinski definition) is 2. The first kappa shape index (κ1) is 16.8. The third kappa shape index (κ3) is 3.28. The van der Waals surface area contributed by atoms with Crippen LogP contribution in [0.3, 0.4) is 0 Å². The third-order valence-electron chi connectivity index (χ3n) is 4.39. The van der Waals surface area contributed by atoms with Gasteiger partial charge in [0.25, 0.3) is 5.91 Å². The number of para-hydroxylation sites is 2. The SMILES string of the molecule is COc1ccccc1N1CCC(NC(=O)c2cc(N)ccc2C)C1=O. The van der Waals surface area contributed by atoms with E-state index in [0.29, 0.717) is 35.7 Å². The van der Waals surface area contributed by atoms with Crippen molar-refractivity contribution < 1.29 is 14.3 Å². The summed E-state index contributed by atoms with van der Waals surface area (Å²) in [4.78, 5) is 26.9. The van der Waals surface area contributed by atoms with E-state index in [1.54, 1.807) is 30.2 Å². The topological polar surface area (TPSA) is 84.7 Å². The lowest BCUT2D eigenvalue weighted by Gasteiger charge is -2.20. The zero-order valence-corrected chi connectivity index (χ0v) is 14.3. The fraction of sp³-hybridized carbons (Fsp3) is 0.263. The Morgan fingerprint density at radius 3 is 2.80 bits per heavy atom. The number of nitrogens with zero attached hydrogens (tertiary/aromatic N) is 1. The highest BCUT2D eigenvalue weighted by Gasteiger charge is 2.35. The predicted octanol–water partition coefficient (Wildman–Crippen LogP) is 2.12. The van der Waals surface area contributed by atoms with E-state index in [2.05, 4.69) is 5.32 Å². The normalized spacial score (nSPS) is 16.8. The molecule has 0 saturated carbocycles. The molecule has 2 aromatic carbocycles. The van der Waals surface area contributed by atoms with Gasteiger partial charge in [-0.3, -0.25) is 9.59 Å². The maximum absolute atomic E-state index is 12.7. The van der Waals surface area contributed by atoms with Crippen molar-refractivity contribution in [1.82, 2.24) is 5.32 Å². The monoisotopic (exact) mass is 339 g/mol. The Morgan fingerprint density at radius 1 is 1.28 bits per heavy atom. The molecule has 1 atom stereocenters. The predicted molar refractivity (Wildman–Crippen MR) is 96.8 cm³/mol. The molecule has 6 nitrogen and oxygen atoms in total. The van der Waals surface area contributed by atoms with Gasteiger partial charge in [0.2, 0.25) is 5.91 Å². The number of carbonyl (C=O) groups excluding carboxylic acids is 2. The summed E-state index contributed by atoms with van der Waals surface area (Å²) in [5.41, 5.74) is 8.30. The number of hydrogen-bond acceptors (Lipinski definition) is 4. The smallest absolute Gasteiger partial charge is 0.252 e. The van der Waals surface area contributed by atoms with Gasteiger partial charge in [-0.2, -0.15) is 0 Å². The quantitative estimate of drug-likeness (QED) is 0.836. The molecule has 2 amide bonds. The zero-order valence-electron chi connectivity index (χ0n) is 14.3. The molecule has 3 N–H and O–H groups in total. The van der Waals surface area contributed by atoms with Crippen LogP contribution >= 0.6 is 0 Å². The van der Waals surface area contributed by atoms with Gasteiger partial charge >= 0.3 is 0 Å². The van der Waals surface area contributed by atoms with Gasteiger partial charge in [0, 0.05) is 17.8 Å². The fourth-order valence-corrected chi connectivity index (χ4v) is 3.03. The van der Waals surface area contributed by atoms with Crippen LogP contribution in [-0.2, 0) is 4.79 Å². The highest BCUT2D eigenvalue weighted by molar-refractivity contribution is 6.05. The molecular weight excluding hydrogens is 318 g/mol. The van der Waals surface area contributed by atoms with E-state index in [9.17, 15) is 9.59 Å². The Kier molecular flexibility index (Phi) is 4.61. The second kappa shape index (κ2) is 6.84. The van der Waals surface area contributed by atoms with E-state index in [0.717, 1.165) is 5.56 Å². The van der Waals surface area contributed by atoms with Crippen LogP contribution in [0.1, 0.15) is 22.3 Å². The zero-order chi connectivity index (χ0) is 18.0. The summed E-state index contributed by atoms with van der Waals surface area (Å²) in [6, 6.07) is 12.0. The van der Waals surface area contributed by atoms with Crippen LogP contribution in [0.4, 0.5) is 11.4 Å². The summed E-state index contributed by atoms with van der Waals surface area (Å²) in [5.74, 6) is 0.207. The number of aryl methyl sites for hydroxylation is 1. The number of rotatable bonds is 4. The Bertz CT molecular complexity index is 819. The largest absolute Gasteiger partial charge is 0.495 e. The number of nitrogens with one attached hydrogen (secondary N) is 1. The summed E-state index contributed by atoms with van der Waals surface area (Å²) in [7, 11) is 1.57. The van der Waals surface area contributed by atoms with Crippen molar-refractivity contribution >= 4 is 23.2 Å². The number of nitrogens with two attached hydrogens (primary N) is 1. The van der Waals surface area contributed by atoms with Crippen LogP contribution in [0.25, 0.3) is 0 Å². The van der Waals surface area contributed by atoms with Crippen molar-refractivity contribution in [2.24, 2.45) is 0 Å². The van der Waals surface area contributed by atoms with Gasteiger partial charge in [-0.25, -0.2) is 0 Å². The van der Waals surface area contributed by atoms with Gasteiger partial charge < -0.3 is 20.7 Å². The summed E-state index contributed by atoms with van der Waals surface area (Å²) in [5, 5.41) is 2.82. The lowest BCUT2D eigenvalue weighted by molar-refractivity contribution is -0.118. The molecule has 0 radical (unpaired) electrons. The number of benzene rings is 2. The molecule has 1 heterocycles. The van der Waals surface area contributed by atoms with Crippen molar-refractivity contribution in [1.29, 1.82) is 0 Å². The second-order valence-electron chi connectivity index (χ2n) is 6.05. The molecule has 1 fully saturated rings. The van der Waals surface area contributed by atoms with E-state index in [4.69, 9.17) is 10.5 Å².